The minimum atomic E-state index is -0.872. The van der Waals surface area contributed by atoms with Crippen LogP contribution >= 0.6 is 0 Å². The first kappa shape index (κ1) is 33.6. The van der Waals surface area contributed by atoms with Gasteiger partial charge in [0.1, 0.15) is 0 Å². The Kier molecular flexibility index (Phi) is 28.9. The number of carboxylic acids is 1. The van der Waals surface area contributed by atoms with Crippen LogP contribution < -0.4 is 34.7 Å². The molecule has 31 heavy (non-hydrogen) atoms. The Morgan fingerprint density at radius 2 is 0.903 bits per heavy atom. The van der Waals surface area contributed by atoms with Crippen molar-refractivity contribution in [3.63, 3.8) is 0 Å². The summed E-state index contributed by atoms with van der Waals surface area (Å²) in [4.78, 5) is 13.9. The fraction of sp³-hybridized carbons (Fsp3) is 0.963. The van der Waals surface area contributed by atoms with Gasteiger partial charge in [-0.2, -0.15) is 0 Å². The van der Waals surface area contributed by atoms with E-state index in [4.69, 9.17) is 0 Å². The van der Waals surface area contributed by atoms with Crippen molar-refractivity contribution in [2.24, 2.45) is 0 Å². The summed E-state index contributed by atoms with van der Waals surface area (Å²) in [6.07, 6.45) is 25.2. The molecule has 3 nitrogen and oxygen atoms in total. The molecule has 0 saturated carbocycles. The summed E-state index contributed by atoms with van der Waals surface area (Å²) in [5.74, 6) is -0.872. The second kappa shape index (κ2) is 26.7. The van der Waals surface area contributed by atoms with Crippen LogP contribution in [0.15, 0.2) is 0 Å². The molecule has 4 heteroatoms. The Bertz CT molecular complexity index is 343. The number of rotatable bonds is 24. The maximum Gasteiger partial charge on any atom is 1.00 e. The van der Waals surface area contributed by atoms with E-state index in [9.17, 15) is 9.90 Å². The first-order chi connectivity index (χ1) is 14.7. The first-order valence-corrected chi connectivity index (χ1v) is 13.6. The van der Waals surface area contributed by atoms with E-state index in [0.29, 0.717) is 0 Å². The third-order valence-electron chi connectivity index (χ3n) is 6.37. The van der Waals surface area contributed by atoms with Gasteiger partial charge in [-0.25, -0.2) is 0 Å². The van der Waals surface area contributed by atoms with E-state index in [-0.39, 0.29) is 29.6 Å². The predicted molar refractivity (Wildman–Crippen MR) is 130 cm³/mol. The predicted octanol–water partition coefficient (Wildman–Crippen LogP) is 4.27. The fourth-order valence-corrected chi connectivity index (χ4v) is 4.40. The molecule has 0 aliphatic heterocycles. The third-order valence-corrected chi connectivity index (χ3v) is 6.37. The maximum absolute atomic E-state index is 11.7. The number of carbonyl (C=O) groups excluding carboxylic acids is 1. The standard InChI is InChI=1S/C27H55NO2.Na/c1-4-7-9-11-13-15-17-19-21-24-28(26(23-6-3)27(29)30)25-22-20-18-16-14-12-10-8-5-2;/h26H,4-25H2,1-3H3,(H,29,30);/q;+1/p-1. The molecular formula is C27H54NNaO2. The molecule has 0 heterocycles. The second-order valence-corrected chi connectivity index (χ2v) is 9.32. The average molecular weight is 448 g/mol. The van der Waals surface area contributed by atoms with Gasteiger partial charge in [0.05, 0.1) is 5.97 Å². The van der Waals surface area contributed by atoms with E-state index in [1.165, 1.54) is 103 Å². The first-order valence-electron chi connectivity index (χ1n) is 13.6. The molecule has 180 valence electrons. The molecule has 0 spiro atoms. The van der Waals surface area contributed by atoms with E-state index in [0.717, 1.165) is 38.8 Å². The van der Waals surface area contributed by atoms with Gasteiger partial charge in [-0.15, -0.1) is 0 Å². The molecule has 0 amide bonds. The number of unbranched alkanes of at least 4 members (excludes halogenated alkanes) is 16. The molecule has 1 atom stereocenters. The summed E-state index contributed by atoms with van der Waals surface area (Å²) in [6.45, 7) is 8.44. The molecule has 0 fully saturated rings. The summed E-state index contributed by atoms with van der Waals surface area (Å²) in [5, 5.41) is 11.7. The number of aliphatic carboxylic acids is 1. The summed E-state index contributed by atoms with van der Waals surface area (Å²) in [6, 6.07) is -0.391. The maximum atomic E-state index is 11.7. The molecule has 0 bridgehead atoms. The molecule has 0 aromatic heterocycles. The second-order valence-electron chi connectivity index (χ2n) is 9.32. The van der Waals surface area contributed by atoms with Crippen LogP contribution in [0.5, 0.6) is 0 Å². The van der Waals surface area contributed by atoms with E-state index in [1.54, 1.807) is 0 Å². The Labute approximate surface area is 217 Å². The average Bonchev–Trinajstić information content (AvgIpc) is 2.73. The van der Waals surface area contributed by atoms with Crippen molar-refractivity contribution in [3.05, 3.63) is 0 Å². The van der Waals surface area contributed by atoms with Gasteiger partial charge in [-0.05, 0) is 32.4 Å². The Hall–Kier alpha value is 0.430. The molecule has 0 rings (SSSR count). The smallest absolute Gasteiger partial charge is 0.548 e. The largest absolute Gasteiger partial charge is 1.00 e. The van der Waals surface area contributed by atoms with Gasteiger partial charge in [0.2, 0.25) is 0 Å². The van der Waals surface area contributed by atoms with Crippen LogP contribution in [0, 0.1) is 0 Å². The van der Waals surface area contributed by atoms with Crippen molar-refractivity contribution >= 4 is 5.97 Å². The van der Waals surface area contributed by atoms with Crippen LogP contribution in [0.3, 0.4) is 0 Å². The summed E-state index contributed by atoms with van der Waals surface area (Å²) in [7, 11) is 0. The van der Waals surface area contributed by atoms with Crippen LogP contribution in [0.4, 0.5) is 0 Å². The minimum absolute atomic E-state index is 0. The summed E-state index contributed by atoms with van der Waals surface area (Å²) >= 11 is 0. The number of carbonyl (C=O) groups is 1. The molecule has 0 aromatic rings. The van der Waals surface area contributed by atoms with Crippen molar-refractivity contribution in [1.29, 1.82) is 0 Å². The van der Waals surface area contributed by atoms with Crippen molar-refractivity contribution in [1.82, 2.24) is 4.90 Å². The van der Waals surface area contributed by atoms with E-state index in [1.807, 2.05) is 0 Å². The normalized spacial score (nSPS) is 12.1. The SMILES string of the molecule is CCCCCCCCCCCN(CCCCCCCCCCC)C(CCC)C(=O)[O-].[Na+]. The fourth-order valence-electron chi connectivity index (χ4n) is 4.40. The Morgan fingerprint density at radius 3 is 1.19 bits per heavy atom. The van der Waals surface area contributed by atoms with Crippen LogP contribution in [0.25, 0.3) is 0 Å². The van der Waals surface area contributed by atoms with Gasteiger partial charge < -0.3 is 9.90 Å². The minimum Gasteiger partial charge on any atom is -0.548 e. The van der Waals surface area contributed by atoms with E-state index in [2.05, 4.69) is 25.7 Å². The van der Waals surface area contributed by atoms with Gasteiger partial charge >= 0.3 is 29.6 Å². The quantitative estimate of drug-likeness (QED) is 0.164. The molecular weight excluding hydrogens is 393 g/mol. The molecule has 1 unspecified atom stereocenters. The molecule has 0 saturated heterocycles. The Morgan fingerprint density at radius 1 is 0.581 bits per heavy atom. The molecule has 0 aliphatic carbocycles. The van der Waals surface area contributed by atoms with E-state index < -0.39 is 12.0 Å². The number of hydrogen-bond donors (Lipinski definition) is 0. The van der Waals surface area contributed by atoms with Crippen molar-refractivity contribution in [3.8, 4) is 0 Å². The zero-order chi connectivity index (χ0) is 22.3. The van der Waals surface area contributed by atoms with Gasteiger partial charge in [0.15, 0.2) is 0 Å². The van der Waals surface area contributed by atoms with Crippen molar-refractivity contribution < 1.29 is 39.5 Å². The zero-order valence-corrected chi connectivity index (χ0v) is 23.9. The number of hydrogen-bond acceptors (Lipinski definition) is 3. The van der Waals surface area contributed by atoms with Crippen LogP contribution in [0.2, 0.25) is 0 Å². The number of carboxylic acid groups (broad SMARTS) is 1. The van der Waals surface area contributed by atoms with Crippen molar-refractivity contribution in [2.75, 3.05) is 13.1 Å². The van der Waals surface area contributed by atoms with Gasteiger partial charge in [0, 0.05) is 6.04 Å². The molecule has 0 N–H and O–H groups in total. The van der Waals surface area contributed by atoms with Gasteiger partial charge in [0.25, 0.3) is 0 Å². The monoisotopic (exact) mass is 447 g/mol. The summed E-state index contributed by atoms with van der Waals surface area (Å²) in [5.41, 5.74) is 0. The third kappa shape index (κ3) is 22.0. The molecule has 0 aliphatic rings. The number of nitrogens with zero attached hydrogens (tertiary/aromatic N) is 1. The molecule has 0 aromatic carbocycles. The topological polar surface area (TPSA) is 43.4 Å². The summed E-state index contributed by atoms with van der Waals surface area (Å²) < 4.78 is 0. The van der Waals surface area contributed by atoms with Crippen LogP contribution in [-0.4, -0.2) is 30.0 Å². The van der Waals surface area contributed by atoms with Crippen LogP contribution in [0.1, 0.15) is 149 Å². The van der Waals surface area contributed by atoms with Crippen molar-refractivity contribution in [2.45, 2.75) is 155 Å². The van der Waals surface area contributed by atoms with Gasteiger partial charge in [-0.3, -0.25) is 4.90 Å². The van der Waals surface area contributed by atoms with Gasteiger partial charge in [-0.1, -0.05) is 130 Å². The van der Waals surface area contributed by atoms with E-state index >= 15 is 0 Å². The Balaban J connectivity index is 0. The van der Waals surface area contributed by atoms with Crippen LogP contribution in [-0.2, 0) is 4.79 Å². The molecule has 0 radical (unpaired) electrons. The zero-order valence-electron chi connectivity index (χ0n) is 21.9.